The van der Waals surface area contributed by atoms with Gasteiger partial charge in [0.1, 0.15) is 11.6 Å². The number of nitrogen functional groups attached to an aromatic ring is 1. The third kappa shape index (κ3) is 3.21. The van der Waals surface area contributed by atoms with Crippen LogP contribution in [0.1, 0.15) is 39.0 Å². The van der Waals surface area contributed by atoms with Gasteiger partial charge in [0, 0.05) is 6.04 Å². The second-order valence-electron chi connectivity index (χ2n) is 4.96. The minimum atomic E-state index is 0.325. The van der Waals surface area contributed by atoms with E-state index in [2.05, 4.69) is 17.2 Å². The topological polar surface area (TPSA) is 50.9 Å². The zero-order valence-corrected chi connectivity index (χ0v) is 12.1. The Morgan fingerprint density at radius 2 is 1.94 bits per heavy atom. The lowest BCUT2D eigenvalue weighted by Gasteiger charge is -2.29. The van der Waals surface area contributed by atoms with Crippen LogP contribution in [0.4, 0.5) is 11.6 Å². The highest BCUT2D eigenvalue weighted by Gasteiger charge is 2.21. The fraction of sp³-hybridized carbons (Fsp3) is 0.615. The molecule has 100 valence electrons. The van der Waals surface area contributed by atoms with Gasteiger partial charge in [-0.05, 0) is 37.7 Å². The molecule has 1 aliphatic carbocycles. The van der Waals surface area contributed by atoms with Crippen LogP contribution in [0.5, 0.6) is 0 Å². The first-order valence-corrected chi connectivity index (χ1v) is 7.23. The molecular formula is C13H19Cl2N3. The monoisotopic (exact) mass is 287 g/mol. The maximum atomic E-state index is 6.11. The molecule has 1 heterocycles. The van der Waals surface area contributed by atoms with Crippen LogP contribution in [0.25, 0.3) is 0 Å². The second kappa shape index (κ2) is 5.98. The first-order chi connectivity index (χ1) is 8.60. The summed E-state index contributed by atoms with van der Waals surface area (Å²) in [6, 6.07) is 2.09. The minimum absolute atomic E-state index is 0.325. The van der Waals surface area contributed by atoms with Crippen molar-refractivity contribution in [2.24, 2.45) is 5.92 Å². The zero-order chi connectivity index (χ0) is 13.1. The van der Waals surface area contributed by atoms with Gasteiger partial charge in [0.05, 0.1) is 10.0 Å². The van der Waals surface area contributed by atoms with Crippen LogP contribution >= 0.6 is 23.2 Å². The van der Waals surface area contributed by atoms with Crippen LogP contribution in [0, 0.1) is 5.92 Å². The lowest BCUT2D eigenvalue weighted by molar-refractivity contribution is 0.330. The number of halogens is 2. The summed E-state index contributed by atoms with van der Waals surface area (Å²) >= 11 is 12.0. The number of hydrogen-bond acceptors (Lipinski definition) is 3. The summed E-state index contributed by atoms with van der Waals surface area (Å²) in [6.07, 6.45) is 6.15. The Hall–Kier alpha value is -0.670. The SMILES string of the molecule is CCC1CCC(Nc2nc(N)c(Cl)cc2Cl)CC1. The van der Waals surface area contributed by atoms with E-state index in [1.54, 1.807) is 6.07 Å². The predicted molar refractivity (Wildman–Crippen MR) is 78.3 cm³/mol. The van der Waals surface area contributed by atoms with Gasteiger partial charge < -0.3 is 11.1 Å². The minimum Gasteiger partial charge on any atom is -0.382 e. The largest absolute Gasteiger partial charge is 0.382 e. The van der Waals surface area contributed by atoms with Crippen LogP contribution in [0.15, 0.2) is 6.07 Å². The molecule has 1 aliphatic rings. The molecule has 0 saturated heterocycles. The molecule has 0 atom stereocenters. The van der Waals surface area contributed by atoms with Crippen molar-refractivity contribution in [1.82, 2.24) is 4.98 Å². The molecule has 1 aromatic rings. The molecule has 1 saturated carbocycles. The number of nitrogens with one attached hydrogen (secondary N) is 1. The molecule has 0 aromatic carbocycles. The van der Waals surface area contributed by atoms with Crippen LogP contribution in [0.2, 0.25) is 10.0 Å². The van der Waals surface area contributed by atoms with E-state index in [-0.39, 0.29) is 0 Å². The molecular weight excluding hydrogens is 269 g/mol. The van der Waals surface area contributed by atoms with Crippen molar-refractivity contribution < 1.29 is 0 Å². The van der Waals surface area contributed by atoms with E-state index in [0.717, 1.165) is 5.92 Å². The number of nitrogens with zero attached hydrogens (tertiary/aromatic N) is 1. The van der Waals surface area contributed by atoms with Crippen molar-refractivity contribution in [3.63, 3.8) is 0 Å². The van der Waals surface area contributed by atoms with Crippen LogP contribution in [0.3, 0.4) is 0 Å². The third-order valence-corrected chi connectivity index (χ3v) is 4.31. The summed E-state index contributed by atoms with van der Waals surface area (Å²) in [4.78, 5) is 4.21. The number of aromatic nitrogens is 1. The molecule has 3 nitrogen and oxygen atoms in total. The van der Waals surface area contributed by atoms with Gasteiger partial charge >= 0.3 is 0 Å². The van der Waals surface area contributed by atoms with E-state index < -0.39 is 0 Å². The smallest absolute Gasteiger partial charge is 0.147 e. The Bertz CT molecular complexity index is 415. The Kier molecular flexibility index (Phi) is 4.57. The lowest BCUT2D eigenvalue weighted by Crippen LogP contribution is -2.26. The Morgan fingerprint density at radius 3 is 2.56 bits per heavy atom. The van der Waals surface area contributed by atoms with Crippen LogP contribution < -0.4 is 11.1 Å². The van der Waals surface area contributed by atoms with Crippen molar-refractivity contribution in [3.05, 3.63) is 16.1 Å². The van der Waals surface area contributed by atoms with Gasteiger partial charge in [-0.25, -0.2) is 4.98 Å². The first-order valence-electron chi connectivity index (χ1n) is 6.48. The van der Waals surface area contributed by atoms with Crippen molar-refractivity contribution >= 4 is 34.8 Å². The predicted octanol–water partition coefficient (Wildman–Crippen LogP) is 4.35. The van der Waals surface area contributed by atoms with Gasteiger partial charge in [-0.3, -0.25) is 0 Å². The highest BCUT2D eigenvalue weighted by atomic mass is 35.5. The highest BCUT2D eigenvalue weighted by molar-refractivity contribution is 6.37. The van der Waals surface area contributed by atoms with Gasteiger partial charge in [-0.2, -0.15) is 0 Å². The van der Waals surface area contributed by atoms with Gasteiger partial charge in [0.25, 0.3) is 0 Å². The van der Waals surface area contributed by atoms with Crippen molar-refractivity contribution in [3.8, 4) is 0 Å². The number of anilines is 2. The molecule has 2 rings (SSSR count). The number of rotatable bonds is 3. The first kappa shape index (κ1) is 13.8. The molecule has 0 amide bonds. The summed E-state index contributed by atoms with van der Waals surface area (Å²) in [6.45, 7) is 2.26. The lowest BCUT2D eigenvalue weighted by atomic mass is 9.84. The molecule has 1 fully saturated rings. The van der Waals surface area contributed by atoms with E-state index in [1.807, 2.05) is 0 Å². The molecule has 0 unspecified atom stereocenters. The zero-order valence-electron chi connectivity index (χ0n) is 10.5. The Morgan fingerprint density at radius 1 is 1.28 bits per heavy atom. The molecule has 0 aliphatic heterocycles. The Balaban J connectivity index is 2.00. The van der Waals surface area contributed by atoms with Gasteiger partial charge in [0.15, 0.2) is 0 Å². The van der Waals surface area contributed by atoms with Crippen LogP contribution in [-0.2, 0) is 0 Å². The fourth-order valence-electron chi connectivity index (χ4n) is 2.49. The maximum Gasteiger partial charge on any atom is 0.147 e. The van der Waals surface area contributed by atoms with E-state index in [9.17, 15) is 0 Å². The highest BCUT2D eigenvalue weighted by Crippen LogP contribution is 2.32. The Labute approximate surface area is 118 Å². The molecule has 1 aromatic heterocycles. The summed E-state index contributed by atoms with van der Waals surface area (Å²) in [5.74, 6) is 1.85. The average molecular weight is 288 g/mol. The fourth-order valence-corrected chi connectivity index (χ4v) is 2.90. The molecule has 3 N–H and O–H groups in total. The molecule has 0 radical (unpaired) electrons. The van der Waals surface area contributed by atoms with Crippen molar-refractivity contribution in [1.29, 1.82) is 0 Å². The number of nitrogens with two attached hydrogens (primary N) is 1. The molecule has 0 bridgehead atoms. The summed E-state index contributed by atoms with van der Waals surface area (Å²) in [5, 5.41) is 4.32. The van der Waals surface area contributed by atoms with Gasteiger partial charge in [-0.15, -0.1) is 0 Å². The average Bonchev–Trinajstić information content (AvgIpc) is 2.37. The quantitative estimate of drug-likeness (QED) is 0.869. The van der Waals surface area contributed by atoms with Gasteiger partial charge in [-0.1, -0.05) is 36.5 Å². The van der Waals surface area contributed by atoms with Gasteiger partial charge in [0.2, 0.25) is 0 Å². The summed E-state index contributed by atoms with van der Waals surface area (Å²) < 4.78 is 0. The molecule has 18 heavy (non-hydrogen) atoms. The number of hydrogen-bond donors (Lipinski definition) is 2. The molecule has 5 heteroatoms. The van der Waals surface area contributed by atoms with E-state index >= 15 is 0 Å². The van der Waals surface area contributed by atoms with E-state index in [0.29, 0.717) is 27.7 Å². The maximum absolute atomic E-state index is 6.11. The van der Waals surface area contributed by atoms with E-state index in [4.69, 9.17) is 28.9 Å². The van der Waals surface area contributed by atoms with Crippen molar-refractivity contribution in [2.75, 3.05) is 11.1 Å². The third-order valence-electron chi connectivity index (χ3n) is 3.72. The molecule has 0 spiro atoms. The normalized spacial score (nSPS) is 23.9. The number of pyridine rings is 1. The van der Waals surface area contributed by atoms with Crippen molar-refractivity contribution in [2.45, 2.75) is 45.1 Å². The standard InChI is InChI=1S/C13H19Cl2N3/c1-2-8-3-5-9(6-4-8)17-13-11(15)7-10(14)12(16)18-13/h7-9H,2-6H2,1H3,(H3,16,17,18). The summed E-state index contributed by atoms with van der Waals surface area (Å²) in [7, 11) is 0. The van der Waals surface area contributed by atoms with Crippen LogP contribution in [-0.4, -0.2) is 11.0 Å². The summed E-state index contributed by atoms with van der Waals surface area (Å²) in [5.41, 5.74) is 5.70. The van der Waals surface area contributed by atoms with E-state index in [1.165, 1.54) is 32.1 Å². The second-order valence-corrected chi connectivity index (χ2v) is 5.77.